The number of quaternary nitrogens is 1. The number of carbonyl (C=O) groups excluding carboxylic acids is 1. The van der Waals surface area contributed by atoms with E-state index in [0.29, 0.717) is 33.5 Å². The number of carbonyl (C=O) groups is 1. The predicted octanol–water partition coefficient (Wildman–Crippen LogP) is 3.06. The molecule has 1 N–H and O–H groups in total. The van der Waals surface area contributed by atoms with Gasteiger partial charge in [-0.2, -0.15) is 0 Å². The second kappa shape index (κ2) is 8.25. The Morgan fingerprint density at radius 3 is 2.67 bits per heavy atom. The first-order valence-corrected chi connectivity index (χ1v) is 9.91. The SMILES string of the molecule is COc1ccc(Cl)c2sc(N(CC[NH+](C)C)C(=O)c3ccccc3C)nc12. The minimum Gasteiger partial charge on any atom is -0.494 e. The molecule has 0 aliphatic rings. The third-order valence-electron chi connectivity index (χ3n) is 4.35. The van der Waals surface area contributed by atoms with Crippen molar-refractivity contribution < 1.29 is 14.4 Å². The van der Waals surface area contributed by atoms with E-state index in [1.165, 1.54) is 16.2 Å². The van der Waals surface area contributed by atoms with Gasteiger partial charge < -0.3 is 9.64 Å². The van der Waals surface area contributed by atoms with Gasteiger partial charge in [-0.25, -0.2) is 4.98 Å². The Morgan fingerprint density at radius 1 is 1.26 bits per heavy atom. The number of hydrogen-bond acceptors (Lipinski definition) is 4. The van der Waals surface area contributed by atoms with Crippen molar-refractivity contribution in [2.24, 2.45) is 0 Å². The molecule has 5 nitrogen and oxygen atoms in total. The van der Waals surface area contributed by atoms with Crippen LogP contribution in [0, 0.1) is 6.92 Å². The van der Waals surface area contributed by atoms with Crippen molar-refractivity contribution in [2.45, 2.75) is 6.92 Å². The fraction of sp³-hybridized carbons (Fsp3) is 0.300. The van der Waals surface area contributed by atoms with Crippen LogP contribution in [0.25, 0.3) is 10.2 Å². The molecule has 2 aromatic carbocycles. The van der Waals surface area contributed by atoms with E-state index in [1.54, 1.807) is 24.1 Å². The largest absolute Gasteiger partial charge is 0.494 e. The lowest BCUT2D eigenvalue weighted by Crippen LogP contribution is -3.06. The number of nitrogens with one attached hydrogen (secondary N) is 1. The van der Waals surface area contributed by atoms with Crippen LogP contribution in [0.1, 0.15) is 15.9 Å². The number of amides is 1. The van der Waals surface area contributed by atoms with Crippen molar-refractivity contribution in [3.05, 3.63) is 52.5 Å². The van der Waals surface area contributed by atoms with Crippen LogP contribution in [0.3, 0.4) is 0 Å². The molecule has 3 aromatic rings. The summed E-state index contributed by atoms with van der Waals surface area (Å²) < 4.78 is 6.24. The van der Waals surface area contributed by atoms with Crippen LogP contribution in [-0.4, -0.2) is 45.2 Å². The van der Waals surface area contributed by atoms with Crippen LogP contribution < -0.4 is 14.5 Å². The average Bonchev–Trinajstić information content (AvgIpc) is 3.08. The lowest BCUT2D eigenvalue weighted by molar-refractivity contribution is -0.856. The minimum absolute atomic E-state index is 0.0523. The molecule has 0 unspecified atom stereocenters. The van der Waals surface area contributed by atoms with Gasteiger partial charge in [0.15, 0.2) is 5.13 Å². The summed E-state index contributed by atoms with van der Waals surface area (Å²) in [5.41, 5.74) is 2.31. The average molecular weight is 405 g/mol. The van der Waals surface area contributed by atoms with Crippen LogP contribution >= 0.6 is 22.9 Å². The molecule has 0 spiro atoms. The van der Waals surface area contributed by atoms with Crippen molar-refractivity contribution in [1.29, 1.82) is 0 Å². The van der Waals surface area contributed by atoms with E-state index in [-0.39, 0.29) is 5.91 Å². The highest BCUT2D eigenvalue weighted by Crippen LogP contribution is 2.39. The van der Waals surface area contributed by atoms with E-state index in [1.807, 2.05) is 31.2 Å². The molecule has 0 atom stereocenters. The highest BCUT2D eigenvalue weighted by molar-refractivity contribution is 7.23. The summed E-state index contributed by atoms with van der Waals surface area (Å²) in [6.45, 7) is 3.31. The lowest BCUT2D eigenvalue weighted by atomic mass is 10.1. The Morgan fingerprint density at radius 2 is 2.00 bits per heavy atom. The van der Waals surface area contributed by atoms with Crippen molar-refractivity contribution >= 4 is 44.2 Å². The van der Waals surface area contributed by atoms with Crippen LogP contribution in [0.15, 0.2) is 36.4 Å². The first-order valence-electron chi connectivity index (χ1n) is 8.72. The summed E-state index contributed by atoms with van der Waals surface area (Å²) in [4.78, 5) is 21.0. The van der Waals surface area contributed by atoms with Crippen molar-refractivity contribution in [3.63, 3.8) is 0 Å². The maximum Gasteiger partial charge on any atom is 0.260 e. The molecule has 0 aliphatic carbocycles. The summed E-state index contributed by atoms with van der Waals surface area (Å²) in [5.74, 6) is 0.599. The lowest BCUT2D eigenvalue weighted by Gasteiger charge is -2.21. The van der Waals surface area contributed by atoms with E-state index in [9.17, 15) is 4.79 Å². The smallest absolute Gasteiger partial charge is 0.260 e. The van der Waals surface area contributed by atoms with Gasteiger partial charge in [-0.1, -0.05) is 41.1 Å². The number of halogens is 1. The van der Waals surface area contributed by atoms with Gasteiger partial charge in [0.05, 0.1) is 44.0 Å². The molecule has 1 heterocycles. The minimum atomic E-state index is -0.0523. The van der Waals surface area contributed by atoms with Gasteiger partial charge in [0.1, 0.15) is 11.3 Å². The Kier molecular flexibility index (Phi) is 5.99. The fourth-order valence-electron chi connectivity index (χ4n) is 2.80. The number of anilines is 1. The zero-order valence-corrected chi connectivity index (χ0v) is 17.4. The molecule has 0 fully saturated rings. The summed E-state index contributed by atoms with van der Waals surface area (Å²) in [5, 5.41) is 1.24. The molecule has 142 valence electrons. The Labute approximate surface area is 168 Å². The number of nitrogens with zero attached hydrogens (tertiary/aromatic N) is 2. The fourth-order valence-corrected chi connectivity index (χ4v) is 4.08. The molecule has 0 saturated heterocycles. The van der Waals surface area contributed by atoms with E-state index in [2.05, 4.69) is 14.1 Å². The Bertz CT molecular complexity index is 971. The van der Waals surface area contributed by atoms with Gasteiger partial charge in [0.25, 0.3) is 5.91 Å². The van der Waals surface area contributed by atoms with Crippen LogP contribution in [0.2, 0.25) is 5.02 Å². The first kappa shape index (κ1) is 19.6. The van der Waals surface area contributed by atoms with E-state index in [0.717, 1.165) is 16.8 Å². The number of hydrogen-bond donors (Lipinski definition) is 1. The molecule has 0 aliphatic heterocycles. The predicted molar refractivity (Wildman–Crippen MR) is 112 cm³/mol. The van der Waals surface area contributed by atoms with E-state index >= 15 is 0 Å². The van der Waals surface area contributed by atoms with Crippen LogP contribution in [-0.2, 0) is 0 Å². The third kappa shape index (κ3) is 4.08. The van der Waals surface area contributed by atoms with Gasteiger partial charge in [-0.3, -0.25) is 9.69 Å². The summed E-state index contributed by atoms with van der Waals surface area (Å²) >= 11 is 7.78. The zero-order valence-electron chi connectivity index (χ0n) is 15.9. The molecule has 7 heteroatoms. The number of fused-ring (bicyclic) bond motifs is 1. The number of aryl methyl sites for hydroxylation is 1. The quantitative estimate of drug-likeness (QED) is 0.686. The Hall–Kier alpha value is -2.15. The maximum absolute atomic E-state index is 13.3. The number of methoxy groups -OCH3 is 1. The molecule has 0 radical (unpaired) electrons. The normalized spacial score (nSPS) is 11.2. The van der Waals surface area contributed by atoms with Crippen LogP contribution in [0.4, 0.5) is 5.13 Å². The van der Waals surface area contributed by atoms with Crippen molar-refractivity contribution in [2.75, 3.05) is 39.2 Å². The summed E-state index contributed by atoms with van der Waals surface area (Å²) in [6, 6.07) is 11.2. The maximum atomic E-state index is 13.3. The molecule has 0 saturated carbocycles. The Balaban J connectivity index is 2.08. The van der Waals surface area contributed by atoms with E-state index < -0.39 is 0 Å². The number of benzene rings is 2. The van der Waals surface area contributed by atoms with Gasteiger partial charge in [0.2, 0.25) is 0 Å². The standard InChI is InChI=1S/C20H22ClN3O2S/c1-13-7-5-6-8-14(13)19(25)24(12-11-23(2)3)20-22-17-16(26-4)10-9-15(21)18(17)27-20/h5-10H,11-12H2,1-4H3/p+1. The number of likely N-dealkylation sites (N-methyl/N-ethyl adjacent to an activating group) is 1. The summed E-state index contributed by atoms with van der Waals surface area (Å²) in [7, 11) is 5.73. The van der Waals surface area contributed by atoms with Gasteiger partial charge >= 0.3 is 0 Å². The number of aromatic nitrogens is 1. The molecule has 0 bridgehead atoms. The second-order valence-electron chi connectivity index (χ2n) is 6.65. The molecular weight excluding hydrogens is 382 g/mol. The number of rotatable bonds is 6. The van der Waals surface area contributed by atoms with Gasteiger partial charge in [-0.15, -0.1) is 0 Å². The second-order valence-corrected chi connectivity index (χ2v) is 8.04. The highest BCUT2D eigenvalue weighted by Gasteiger charge is 2.24. The van der Waals surface area contributed by atoms with Crippen molar-refractivity contribution in [1.82, 2.24) is 4.98 Å². The molecular formula is C20H23ClN3O2S+. The first-order chi connectivity index (χ1) is 12.9. The molecule has 1 aromatic heterocycles. The zero-order chi connectivity index (χ0) is 19.6. The van der Waals surface area contributed by atoms with E-state index in [4.69, 9.17) is 21.3 Å². The molecule has 1 amide bonds. The molecule has 3 rings (SSSR count). The van der Waals surface area contributed by atoms with Crippen molar-refractivity contribution in [3.8, 4) is 5.75 Å². The topological polar surface area (TPSA) is 46.9 Å². The number of ether oxygens (including phenoxy) is 1. The third-order valence-corrected chi connectivity index (χ3v) is 5.89. The number of thiazole rings is 1. The van der Waals surface area contributed by atoms with Gasteiger partial charge in [-0.05, 0) is 30.7 Å². The monoisotopic (exact) mass is 404 g/mol. The van der Waals surface area contributed by atoms with Crippen LogP contribution in [0.5, 0.6) is 5.75 Å². The highest BCUT2D eigenvalue weighted by atomic mass is 35.5. The molecule has 27 heavy (non-hydrogen) atoms. The summed E-state index contributed by atoms with van der Waals surface area (Å²) in [6.07, 6.45) is 0. The van der Waals surface area contributed by atoms with Gasteiger partial charge in [0, 0.05) is 5.56 Å².